The highest BCUT2D eigenvalue weighted by atomic mass is 127. The molecule has 6 heteroatoms. The summed E-state index contributed by atoms with van der Waals surface area (Å²) in [5.41, 5.74) is 7.54. The van der Waals surface area contributed by atoms with E-state index in [2.05, 4.69) is 32.6 Å². The van der Waals surface area contributed by atoms with Gasteiger partial charge in [-0.05, 0) is 46.9 Å². The average molecular weight is 376 g/mol. The zero-order valence-corrected chi connectivity index (χ0v) is 12.6. The largest absolute Gasteiger partial charge is 0.383 e. The Balaban J connectivity index is 2.48. The lowest BCUT2D eigenvalue weighted by Gasteiger charge is -2.08. The number of ether oxygens (including phenoxy) is 1. The van der Waals surface area contributed by atoms with E-state index in [9.17, 15) is 0 Å². The summed E-state index contributed by atoms with van der Waals surface area (Å²) in [6, 6.07) is 7.32. The van der Waals surface area contributed by atoms with E-state index in [1.54, 1.807) is 19.2 Å². The summed E-state index contributed by atoms with van der Waals surface area (Å²) < 4.78 is 5.93. The molecule has 0 aliphatic carbocycles. The van der Waals surface area contributed by atoms with E-state index in [-0.39, 0.29) is 0 Å². The summed E-state index contributed by atoms with van der Waals surface area (Å²) in [5, 5.41) is 0.675. The molecule has 1 aromatic carbocycles. The fourth-order valence-electron chi connectivity index (χ4n) is 1.47. The highest BCUT2D eigenvalue weighted by Crippen LogP contribution is 2.23. The van der Waals surface area contributed by atoms with Gasteiger partial charge in [0.25, 0.3) is 0 Å². The molecule has 2 rings (SSSR count). The molecule has 0 bridgehead atoms. The minimum absolute atomic E-state index is 0.408. The smallest absolute Gasteiger partial charge is 0.161 e. The molecule has 0 fully saturated rings. The van der Waals surface area contributed by atoms with Gasteiger partial charge in [-0.1, -0.05) is 11.6 Å². The second-order valence-electron chi connectivity index (χ2n) is 3.63. The first-order chi connectivity index (χ1) is 8.61. The fraction of sp³-hybridized carbons (Fsp3) is 0.167. The molecule has 0 unspecified atom stereocenters. The molecule has 0 saturated carbocycles. The molecule has 4 nitrogen and oxygen atoms in total. The second kappa shape index (κ2) is 5.81. The van der Waals surface area contributed by atoms with E-state index >= 15 is 0 Å². The van der Waals surface area contributed by atoms with Crippen LogP contribution in [0.5, 0.6) is 0 Å². The van der Waals surface area contributed by atoms with Gasteiger partial charge in [-0.15, -0.1) is 0 Å². The van der Waals surface area contributed by atoms with Gasteiger partial charge >= 0.3 is 0 Å². The first-order valence-electron chi connectivity index (χ1n) is 5.18. The SMILES string of the molecule is COCc1nc(-c2ccc(Cl)cc2)nc(N)c1I. The molecule has 2 aromatic rings. The van der Waals surface area contributed by atoms with Crippen LogP contribution in [-0.4, -0.2) is 17.1 Å². The number of aromatic nitrogens is 2. The number of halogens is 2. The Morgan fingerprint density at radius 1 is 1.28 bits per heavy atom. The van der Waals surface area contributed by atoms with Gasteiger partial charge in [0.1, 0.15) is 5.82 Å². The molecule has 0 aliphatic heterocycles. The molecule has 0 spiro atoms. The van der Waals surface area contributed by atoms with Crippen molar-refractivity contribution in [2.75, 3.05) is 12.8 Å². The second-order valence-corrected chi connectivity index (χ2v) is 5.15. The summed E-state index contributed by atoms with van der Waals surface area (Å²) in [5.74, 6) is 1.04. The lowest BCUT2D eigenvalue weighted by atomic mass is 10.2. The summed E-state index contributed by atoms with van der Waals surface area (Å²) in [7, 11) is 1.62. The van der Waals surface area contributed by atoms with Gasteiger partial charge in [0.05, 0.1) is 15.9 Å². The molecule has 0 amide bonds. The van der Waals surface area contributed by atoms with Crippen LogP contribution in [0.2, 0.25) is 5.02 Å². The molecular weight excluding hydrogens is 365 g/mol. The van der Waals surface area contributed by atoms with Gasteiger partial charge in [-0.25, -0.2) is 9.97 Å². The van der Waals surface area contributed by atoms with E-state index in [1.165, 1.54) is 0 Å². The van der Waals surface area contributed by atoms with Crippen LogP contribution in [0.3, 0.4) is 0 Å². The third kappa shape index (κ3) is 2.90. The van der Waals surface area contributed by atoms with Crippen molar-refractivity contribution in [3.63, 3.8) is 0 Å². The average Bonchev–Trinajstić information content (AvgIpc) is 2.36. The van der Waals surface area contributed by atoms with Crippen molar-refractivity contribution in [3.05, 3.63) is 38.6 Å². The third-order valence-electron chi connectivity index (χ3n) is 2.33. The van der Waals surface area contributed by atoms with Crippen LogP contribution in [0.25, 0.3) is 11.4 Å². The Labute approximate surface area is 124 Å². The first kappa shape index (κ1) is 13.5. The summed E-state index contributed by atoms with van der Waals surface area (Å²) in [6.07, 6.45) is 0. The number of methoxy groups -OCH3 is 1. The standard InChI is InChI=1S/C12H11ClIN3O/c1-18-6-9-10(14)11(15)17-12(16-9)7-2-4-8(13)5-3-7/h2-5H,6H2,1H3,(H2,15,16,17). The quantitative estimate of drug-likeness (QED) is 0.837. The Bertz CT molecular complexity index is 560. The minimum Gasteiger partial charge on any atom is -0.383 e. The van der Waals surface area contributed by atoms with E-state index in [4.69, 9.17) is 22.1 Å². The Kier molecular flexibility index (Phi) is 4.36. The molecule has 0 atom stereocenters. The number of anilines is 1. The van der Waals surface area contributed by atoms with Crippen molar-refractivity contribution < 1.29 is 4.74 Å². The van der Waals surface area contributed by atoms with Gasteiger partial charge in [-0.3, -0.25) is 0 Å². The molecule has 94 valence electrons. The monoisotopic (exact) mass is 375 g/mol. The van der Waals surface area contributed by atoms with E-state index in [0.717, 1.165) is 14.8 Å². The summed E-state index contributed by atoms with van der Waals surface area (Å²) in [4.78, 5) is 8.73. The first-order valence-corrected chi connectivity index (χ1v) is 6.64. The van der Waals surface area contributed by atoms with Crippen molar-refractivity contribution in [1.82, 2.24) is 9.97 Å². The molecular formula is C12H11ClIN3O. The highest BCUT2D eigenvalue weighted by molar-refractivity contribution is 14.1. The molecule has 18 heavy (non-hydrogen) atoms. The number of benzene rings is 1. The maximum atomic E-state index is 5.88. The molecule has 2 N–H and O–H groups in total. The number of nitrogens with zero attached hydrogens (tertiary/aromatic N) is 2. The summed E-state index contributed by atoms with van der Waals surface area (Å²) in [6.45, 7) is 0.408. The molecule has 1 heterocycles. The number of hydrogen-bond acceptors (Lipinski definition) is 4. The topological polar surface area (TPSA) is 61.0 Å². The van der Waals surface area contributed by atoms with E-state index < -0.39 is 0 Å². The number of rotatable bonds is 3. The van der Waals surface area contributed by atoms with Gasteiger partial charge in [-0.2, -0.15) is 0 Å². The highest BCUT2D eigenvalue weighted by Gasteiger charge is 2.11. The van der Waals surface area contributed by atoms with Crippen molar-refractivity contribution in [1.29, 1.82) is 0 Å². The zero-order valence-electron chi connectivity index (χ0n) is 9.65. The Morgan fingerprint density at radius 2 is 1.94 bits per heavy atom. The van der Waals surface area contributed by atoms with Gasteiger partial charge < -0.3 is 10.5 Å². The molecule has 0 radical (unpaired) electrons. The summed E-state index contributed by atoms with van der Waals surface area (Å²) >= 11 is 7.97. The maximum absolute atomic E-state index is 5.88. The van der Waals surface area contributed by atoms with Crippen molar-refractivity contribution in [2.45, 2.75) is 6.61 Å². The molecule has 0 saturated heterocycles. The van der Waals surface area contributed by atoms with Crippen LogP contribution < -0.4 is 5.73 Å². The lowest BCUT2D eigenvalue weighted by Crippen LogP contribution is -2.05. The van der Waals surface area contributed by atoms with E-state index in [1.807, 2.05) is 12.1 Å². The van der Waals surface area contributed by atoms with Crippen molar-refractivity contribution in [2.24, 2.45) is 0 Å². The van der Waals surface area contributed by atoms with Crippen LogP contribution in [0.4, 0.5) is 5.82 Å². The Hall–Kier alpha value is -0.920. The molecule has 0 aliphatic rings. The predicted molar refractivity (Wildman–Crippen MR) is 80.3 cm³/mol. The van der Waals surface area contributed by atoms with Gasteiger partial charge in [0.2, 0.25) is 0 Å². The van der Waals surface area contributed by atoms with Crippen LogP contribution in [0, 0.1) is 3.57 Å². The molecule has 1 aromatic heterocycles. The number of hydrogen-bond donors (Lipinski definition) is 1. The van der Waals surface area contributed by atoms with Crippen LogP contribution in [-0.2, 0) is 11.3 Å². The van der Waals surface area contributed by atoms with E-state index in [0.29, 0.717) is 23.3 Å². The minimum atomic E-state index is 0.408. The van der Waals surface area contributed by atoms with Crippen LogP contribution in [0.1, 0.15) is 5.69 Å². The fourth-order valence-corrected chi connectivity index (χ4v) is 2.00. The normalized spacial score (nSPS) is 10.6. The zero-order chi connectivity index (χ0) is 13.1. The maximum Gasteiger partial charge on any atom is 0.161 e. The van der Waals surface area contributed by atoms with Gasteiger partial charge in [0.15, 0.2) is 5.82 Å². The number of nitrogens with two attached hydrogens (primary N) is 1. The number of nitrogen functional groups attached to an aromatic ring is 1. The van der Waals surface area contributed by atoms with Crippen LogP contribution >= 0.6 is 34.2 Å². The lowest BCUT2D eigenvalue weighted by molar-refractivity contribution is 0.181. The van der Waals surface area contributed by atoms with Crippen LogP contribution in [0.15, 0.2) is 24.3 Å². The van der Waals surface area contributed by atoms with Crippen molar-refractivity contribution in [3.8, 4) is 11.4 Å². The third-order valence-corrected chi connectivity index (χ3v) is 3.76. The predicted octanol–water partition coefficient (Wildman–Crippen LogP) is 3.13. The van der Waals surface area contributed by atoms with Gasteiger partial charge in [0, 0.05) is 17.7 Å². The van der Waals surface area contributed by atoms with Crippen molar-refractivity contribution >= 4 is 40.0 Å². The Morgan fingerprint density at radius 3 is 2.56 bits per heavy atom.